The second kappa shape index (κ2) is 5.82. The SMILES string of the molecule is Cc1ccc2nc(C(C)Cl)n(Cc3cccc(Br)c3)c2c1. The number of fused-ring (bicyclic) bond motifs is 1. The van der Waals surface area contributed by atoms with Crippen molar-refractivity contribution in [3.8, 4) is 0 Å². The lowest BCUT2D eigenvalue weighted by molar-refractivity contribution is 0.742. The molecule has 3 rings (SSSR count). The quantitative estimate of drug-likeness (QED) is 0.565. The van der Waals surface area contributed by atoms with E-state index in [1.165, 1.54) is 11.1 Å². The molecular formula is C17H16BrClN2. The van der Waals surface area contributed by atoms with Crippen molar-refractivity contribution in [2.45, 2.75) is 25.8 Å². The van der Waals surface area contributed by atoms with Crippen LogP contribution in [0.3, 0.4) is 0 Å². The Kier molecular flexibility index (Phi) is 4.05. The average Bonchev–Trinajstić information content (AvgIpc) is 2.77. The maximum Gasteiger partial charge on any atom is 0.128 e. The summed E-state index contributed by atoms with van der Waals surface area (Å²) >= 11 is 9.85. The van der Waals surface area contributed by atoms with Gasteiger partial charge in [0.2, 0.25) is 0 Å². The van der Waals surface area contributed by atoms with Crippen LogP contribution in [0.2, 0.25) is 0 Å². The van der Waals surface area contributed by atoms with Crippen LogP contribution in [0.15, 0.2) is 46.9 Å². The molecule has 21 heavy (non-hydrogen) atoms. The van der Waals surface area contributed by atoms with Crippen LogP contribution in [0.25, 0.3) is 11.0 Å². The van der Waals surface area contributed by atoms with Crippen LogP contribution in [-0.2, 0) is 6.54 Å². The first kappa shape index (κ1) is 14.6. The van der Waals surface area contributed by atoms with Crippen molar-refractivity contribution < 1.29 is 0 Å². The minimum Gasteiger partial charge on any atom is -0.322 e. The summed E-state index contributed by atoms with van der Waals surface area (Å²) < 4.78 is 3.29. The third kappa shape index (κ3) is 2.99. The number of aromatic nitrogens is 2. The molecule has 0 aliphatic carbocycles. The molecular weight excluding hydrogens is 348 g/mol. The molecule has 0 aliphatic rings. The first-order valence-corrected chi connectivity index (χ1v) is 8.13. The highest BCUT2D eigenvalue weighted by molar-refractivity contribution is 9.10. The number of aryl methyl sites for hydroxylation is 1. The van der Waals surface area contributed by atoms with E-state index >= 15 is 0 Å². The van der Waals surface area contributed by atoms with Gasteiger partial charge in [-0.25, -0.2) is 4.98 Å². The minimum atomic E-state index is -0.121. The van der Waals surface area contributed by atoms with E-state index in [9.17, 15) is 0 Å². The van der Waals surface area contributed by atoms with Crippen molar-refractivity contribution in [1.82, 2.24) is 9.55 Å². The molecule has 1 aromatic heterocycles. The maximum absolute atomic E-state index is 6.32. The van der Waals surface area contributed by atoms with Gasteiger partial charge in [-0.2, -0.15) is 0 Å². The molecule has 0 amide bonds. The van der Waals surface area contributed by atoms with Crippen LogP contribution in [0.4, 0.5) is 0 Å². The van der Waals surface area contributed by atoms with E-state index in [0.29, 0.717) is 0 Å². The van der Waals surface area contributed by atoms with Gasteiger partial charge < -0.3 is 4.57 Å². The van der Waals surface area contributed by atoms with Gasteiger partial charge in [-0.3, -0.25) is 0 Å². The zero-order chi connectivity index (χ0) is 15.0. The van der Waals surface area contributed by atoms with Gasteiger partial charge in [0.25, 0.3) is 0 Å². The van der Waals surface area contributed by atoms with Crippen molar-refractivity contribution in [2.24, 2.45) is 0 Å². The van der Waals surface area contributed by atoms with E-state index in [1.807, 2.05) is 19.1 Å². The third-order valence-electron chi connectivity index (χ3n) is 3.52. The Morgan fingerprint density at radius 3 is 2.76 bits per heavy atom. The van der Waals surface area contributed by atoms with E-state index in [-0.39, 0.29) is 5.38 Å². The molecule has 0 saturated carbocycles. The molecule has 3 aromatic rings. The predicted molar refractivity (Wildman–Crippen MR) is 92.0 cm³/mol. The molecule has 0 saturated heterocycles. The smallest absolute Gasteiger partial charge is 0.128 e. The monoisotopic (exact) mass is 362 g/mol. The topological polar surface area (TPSA) is 17.8 Å². The van der Waals surface area contributed by atoms with Crippen molar-refractivity contribution in [1.29, 1.82) is 0 Å². The zero-order valence-electron chi connectivity index (χ0n) is 12.0. The molecule has 0 aliphatic heterocycles. The normalized spacial score (nSPS) is 12.8. The maximum atomic E-state index is 6.32. The standard InChI is InChI=1S/C17H16BrClN2/c1-11-6-7-15-16(8-11)21(17(20-15)12(2)19)10-13-4-3-5-14(18)9-13/h3-9,12H,10H2,1-2H3. The van der Waals surface area contributed by atoms with Gasteiger partial charge in [0.1, 0.15) is 5.82 Å². The molecule has 2 aromatic carbocycles. The van der Waals surface area contributed by atoms with E-state index in [4.69, 9.17) is 16.6 Å². The molecule has 1 unspecified atom stereocenters. The molecule has 108 valence electrons. The van der Waals surface area contributed by atoms with Crippen molar-refractivity contribution in [3.63, 3.8) is 0 Å². The first-order valence-electron chi connectivity index (χ1n) is 6.90. The summed E-state index contributed by atoms with van der Waals surface area (Å²) in [5, 5.41) is -0.121. The third-order valence-corrected chi connectivity index (χ3v) is 4.21. The van der Waals surface area contributed by atoms with Crippen molar-refractivity contribution in [2.75, 3.05) is 0 Å². The highest BCUT2D eigenvalue weighted by Crippen LogP contribution is 2.26. The molecule has 0 N–H and O–H groups in total. The first-order chi connectivity index (χ1) is 10.0. The van der Waals surface area contributed by atoms with Gasteiger partial charge in [0.05, 0.1) is 16.4 Å². The van der Waals surface area contributed by atoms with Crippen LogP contribution in [0, 0.1) is 6.92 Å². The van der Waals surface area contributed by atoms with Gasteiger partial charge in [0.15, 0.2) is 0 Å². The van der Waals surface area contributed by atoms with Gasteiger partial charge in [-0.15, -0.1) is 11.6 Å². The van der Waals surface area contributed by atoms with Crippen molar-refractivity contribution >= 4 is 38.6 Å². The Hall–Kier alpha value is -1.32. The Labute approximate surface area is 137 Å². The second-order valence-corrected chi connectivity index (χ2v) is 6.86. The summed E-state index contributed by atoms with van der Waals surface area (Å²) in [6.45, 7) is 4.83. The molecule has 2 nitrogen and oxygen atoms in total. The number of nitrogens with zero attached hydrogens (tertiary/aromatic N) is 2. The molecule has 4 heteroatoms. The van der Waals surface area contributed by atoms with E-state index in [0.717, 1.165) is 27.9 Å². The number of imidazole rings is 1. The summed E-state index contributed by atoms with van der Waals surface area (Å²) in [6, 6.07) is 14.6. The van der Waals surface area contributed by atoms with Gasteiger partial charge >= 0.3 is 0 Å². The number of halogens is 2. The minimum absolute atomic E-state index is 0.121. The summed E-state index contributed by atoms with van der Waals surface area (Å²) in [6.07, 6.45) is 0. The summed E-state index contributed by atoms with van der Waals surface area (Å²) in [5.74, 6) is 0.914. The average molecular weight is 364 g/mol. The Balaban J connectivity index is 2.14. The zero-order valence-corrected chi connectivity index (χ0v) is 14.3. The van der Waals surface area contributed by atoms with E-state index in [2.05, 4.69) is 57.8 Å². The highest BCUT2D eigenvalue weighted by atomic mass is 79.9. The highest BCUT2D eigenvalue weighted by Gasteiger charge is 2.15. The number of benzene rings is 2. The molecule has 0 fully saturated rings. The van der Waals surface area contributed by atoms with Crippen LogP contribution in [-0.4, -0.2) is 9.55 Å². The number of hydrogen-bond acceptors (Lipinski definition) is 1. The van der Waals surface area contributed by atoms with Crippen LogP contribution in [0.5, 0.6) is 0 Å². The number of rotatable bonds is 3. The van der Waals surface area contributed by atoms with Crippen LogP contribution in [0.1, 0.15) is 29.3 Å². The second-order valence-electron chi connectivity index (χ2n) is 5.29. The lowest BCUT2D eigenvalue weighted by Gasteiger charge is -2.11. The summed E-state index contributed by atoms with van der Waals surface area (Å²) in [5.41, 5.74) is 4.59. The van der Waals surface area contributed by atoms with Gasteiger partial charge in [-0.1, -0.05) is 34.1 Å². The summed E-state index contributed by atoms with van der Waals surface area (Å²) in [7, 11) is 0. The lowest BCUT2D eigenvalue weighted by atomic mass is 10.2. The Morgan fingerprint density at radius 1 is 1.24 bits per heavy atom. The van der Waals surface area contributed by atoms with Gasteiger partial charge in [0, 0.05) is 11.0 Å². The van der Waals surface area contributed by atoms with Crippen molar-refractivity contribution in [3.05, 3.63) is 63.9 Å². The number of hydrogen-bond donors (Lipinski definition) is 0. The fraction of sp³-hybridized carbons (Fsp3) is 0.235. The Bertz CT molecular complexity index is 793. The molecule has 1 heterocycles. The fourth-order valence-electron chi connectivity index (χ4n) is 2.54. The predicted octanol–water partition coefficient (Wildman–Crippen LogP) is 5.46. The largest absolute Gasteiger partial charge is 0.322 e. The van der Waals surface area contributed by atoms with Crippen LogP contribution >= 0.6 is 27.5 Å². The number of alkyl halides is 1. The fourth-order valence-corrected chi connectivity index (χ4v) is 3.15. The van der Waals surface area contributed by atoms with Gasteiger partial charge in [-0.05, 0) is 49.2 Å². The molecule has 0 spiro atoms. The molecule has 0 radical (unpaired) electrons. The van der Waals surface area contributed by atoms with Crippen LogP contribution < -0.4 is 0 Å². The van der Waals surface area contributed by atoms with E-state index < -0.39 is 0 Å². The van der Waals surface area contributed by atoms with E-state index in [1.54, 1.807) is 0 Å². The molecule has 0 bridgehead atoms. The lowest BCUT2D eigenvalue weighted by Crippen LogP contribution is -2.05. The Morgan fingerprint density at radius 2 is 2.05 bits per heavy atom. The summed E-state index contributed by atoms with van der Waals surface area (Å²) in [4.78, 5) is 4.69. The molecule has 1 atom stereocenters.